The van der Waals surface area contributed by atoms with E-state index in [1.165, 1.54) is 0 Å². The molecule has 0 aliphatic rings. The zero-order valence-electron chi connectivity index (χ0n) is 7.79. The van der Waals surface area contributed by atoms with Crippen molar-refractivity contribution >= 4 is 29.5 Å². The largest absolute Gasteiger partial charge is 0.449 e. The SMILES string of the molecule is NCCC[SiH](CCN)O[SiH2]O[SiH3]. The van der Waals surface area contributed by atoms with Crippen LogP contribution in [0, 0.1) is 0 Å². The van der Waals surface area contributed by atoms with Crippen LogP contribution >= 0.6 is 0 Å². The van der Waals surface area contributed by atoms with E-state index in [4.69, 9.17) is 19.7 Å². The van der Waals surface area contributed by atoms with E-state index in [1.807, 2.05) is 0 Å². The van der Waals surface area contributed by atoms with Crippen LogP contribution in [0.5, 0.6) is 0 Å². The zero-order valence-corrected chi connectivity index (χ0v) is 12.4. The van der Waals surface area contributed by atoms with Crippen molar-refractivity contribution in [2.45, 2.75) is 18.5 Å². The van der Waals surface area contributed by atoms with Gasteiger partial charge in [-0.3, -0.25) is 0 Å². The van der Waals surface area contributed by atoms with Gasteiger partial charge in [0.25, 0.3) is 10.0 Å². The summed E-state index contributed by atoms with van der Waals surface area (Å²) < 4.78 is 10.8. The molecule has 0 amide bonds. The number of hydrogen-bond acceptors (Lipinski definition) is 4. The van der Waals surface area contributed by atoms with Crippen molar-refractivity contribution in [1.82, 2.24) is 0 Å². The van der Waals surface area contributed by atoms with Crippen LogP contribution in [0.2, 0.25) is 12.1 Å². The molecular formula is C5H20N2O2Si3. The van der Waals surface area contributed by atoms with E-state index >= 15 is 0 Å². The Labute approximate surface area is 81.3 Å². The molecule has 0 saturated carbocycles. The first-order chi connectivity index (χ1) is 5.85. The summed E-state index contributed by atoms with van der Waals surface area (Å²) >= 11 is 0. The lowest BCUT2D eigenvalue weighted by Gasteiger charge is -2.14. The molecule has 4 N–H and O–H groups in total. The monoisotopic (exact) mass is 224 g/mol. The highest BCUT2D eigenvalue weighted by molar-refractivity contribution is 6.58. The van der Waals surface area contributed by atoms with Crippen molar-refractivity contribution in [3.05, 3.63) is 0 Å². The van der Waals surface area contributed by atoms with Gasteiger partial charge in [-0.15, -0.1) is 0 Å². The molecule has 1 unspecified atom stereocenters. The molecule has 0 aliphatic carbocycles. The van der Waals surface area contributed by atoms with Gasteiger partial charge in [0.05, 0.1) is 0 Å². The minimum absolute atomic E-state index is 0.647. The molecule has 0 rings (SSSR count). The second-order valence-corrected chi connectivity index (χ2v) is 8.98. The first kappa shape index (κ1) is 12.5. The summed E-state index contributed by atoms with van der Waals surface area (Å²) in [5.41, 5.74) is 10.9. The molecule has 0 spiro atoms. The van der Waals surface area contributed by atoms with Gasteiger partial charge in [0.1, 0.15) is 10.5 Å². The first-order valence-corrected chi connectivity index (χ1v) is 8.43. The molecule has 0 aliphatic heterocycles. The Morgan fingerprint density at radius 1 is 1.25 bits per heavy atom. The number of nitrogens with two attached hydrogens (primary N) is 2. The molecule has 0 aromatic rings. The molecule has 12 heavy (non-hydrogen) atoms. The summed E-state index contributed by atoms with van der Waals surface area (Å²) in [5.74, 6) is 0. The van der Waals surface area contributed by atoms with E-state index in [2.05, 4.69) is 0 Å². The molecule has 0 radical (unpaired) electrons. The molecule has 0 aromatic heterocycles. The topological polar surface area (TPSA) is 70.5 Å². The van der Waals surface area contributed by atoms with E-state index in [0.717, 1.165) is 42.1 Å². The van der Waals surface area contributed by atoms with Crippen LogP contribution in [0.15, 0.2) is 0 Å². The van der Waals surface area contributed by atoms with E-state index in [-0.39, 0.29) is 0 Å². The summed E-state index contributed by atoms with van der Waals surface area (Å²) in [6.45, 7) is 1.51. The third-order valence-electron chi connectivity index (χ3n) is 1.64. The van der Waals surface area contributed by atoms with Crippen molar-refractivity contribution in [2.24, 2.45) is 11.5 Å². The molecule has 0 saturated heterocycles. The van der Waals surface area contributed by atoms with Crippen molar-refractivity contribution in [3.63, 3.8) is 0 Å². The molecule has 0 heterocycles. The highest BCUT2D eigenvalue weighted by atomic mass is 28.4. The number of rotatable bonds is 8. The minimum Gasteiger partial charge on any atom is -0.449 e. The summed E-state index contributed by atoms with van der Waals surface area (Å²) in [7, 11) is -0.855. The molecule has 1 atom stereocenters. The van der Waals surface area contributed by atoms with Crippen LogP contribution in [-0.2, 0) is 8.23 Å². The van der Waals surface area contributed by atoms with Crippen LogP contribution in [0.25, 0.3) is 0 Å². The standard InChI is InChI=1S/C5H20N2O2Si3/c6-2-1-4-12(5-3-7)9-11-8-10/h12H,1-7,11H2,10H3. The fourth-order valence-corrected chi connectivity index (χ4v) is 6.23. The van der Waals surface area contributed by atoms with E-state index in [1.54, 1.807) is 0 Å². The highest BCUT2D eigenvalue weighted by Gasteiger charge is 2.09. The quantitative estimate of drug-likeness (QED) is 0.441. The lowest BCUT2D eigenvalue weighted by molar-refractivity contribution is 0.484. The van der Waals surface area contributed by atoms with Gasteiger partial charge in [-0.1, -0.05) is 0 Å². The lowest BCUT2D eigenvalue weighted by atomic mass is 10.5. The molecule has 7 heteroatoms. The predicted molar refractivity (Wildman–Crippen MR) is 60.1 cm³/mol. The molecule has 0 fully saturated rings. The Bertz CT molecular complexity index is 90.8. The Morgan fingerprint density at radius 3 is 2.50 bits per heavy atom. The van der Waals surface area contributed by atoms with Crippen LogP contribution in [0.1, 0.15) is 6.42 Å². The van der Waals surface area contributed by atoms with Crippen molar-refractivity contribution < 1.29 is 8.23 Å². The maximum atomic E-state index is 5.69. The van der Waals surface area contributed by atoms with E-state index in [9.17, 15) is 0 Å². The Kier molecular flexibility index (Phi) is 9.97. The van der Waals surface area contributed by atoms with Gasteiger partial charge in [-0.2, -0.15) is 0 Å². The molecular weight excluding hydrogens is 204 g/mol. The van der Waals surface area contributed by atoms with Crippen LogP contribution in [0.4, 0.5) is 0 Å². The fourth-order valence-electron chi connectivity index (χ4n) is 1.01. The zero-order chi connectivity index (χ0) is 9.23. The Morgan fingerprint density at radius 2 is 2.00 bits per heavy atom. The third kappa shape index (κ3) is 7.16. The summed E-state index contributed by atoms with van der Waals surface area (Å²) in [5, 5.41) is 0. The van der Waals surface area contributed by atoms with Gasteiger partial charge >= 0.3 is 0 Å². The first-order valence-electron chi connectivity index (χ1n) is 4.35. The number of hydrogen-bond donors (Lipinski definition) is 2. The van der Waals surface area contributed by atoms with Crippen LogP contribution < -0.4 is 11.5 Å². The average molecular weight is 224 g/mol. The molecule has 4 nitrogen and oxygen atoms in total. The molecule has 74 valence electrons. The smallest absolute Gasteiger partial charge is 0.283 e. The van der Waals surface area contributed by atoms with E-state index < -0.39 is 19.0 Å². The van der Waals surface area contributed by atoms with Gasteiger partial charge in [0.2, 0.25) is 0 Å². The maximum absolute atomic E-state index is 5.69. The Hall–Kier alpha value is 0.491. The summed E-state index contributed by atoms with van der Waals surface area (Å²) in [6.07, 6.45) is 1.08. The average Bonchev–Trinajstić information content (AvgIpc) is 2.10. The van der Waals surface area contributed by atoms with Gasteiger partial charge in [0.15, 0.2) is 9.04 Å². The van der Waals surface area contributed by atoms with Gasteiger partial charge in [0, 0.05) is 0 Å². The second-order valence-electron chi connectivity index (χ2n) is 2.70. The summed E-state index contributed by atoms with van der Waals surface area (Å²) in [4.78, 5) is 0. The van der Waals surface area contributed by atoms with Crippen LogP contribution in [-0.4, -0.2) is 42.6 Å². The van der Waals surface area contributed by atoms with Crippen molar-refractivity contribution in [2.75, 3.05) is 13.1 Å². The third-order valence-corrected chi connectivity index (χ3v) is 7.04. The predicted octanol–water partition coefficient (Wildman–Crippen LogP) is -2.67. The molecule has 0 bridgehead atoms. The van der Waals surface area contributed by atoms with Gasteiger partial charge in [-0.25, -0.2) is 0 Å². The lowest BCUT2D eigenvalue weighted by Crippen LogP contribution is -2.25. The van der Waals surface area contributed by atoms with E-state index in [0.29, 0.717) is 0 Å². The van der Waals surface area contributed by atoms with Crippen molar-refractivity contribution in [1.29, 1.82) is 0 Å². The van der Waals surface area contributed by atoms with Gasteiger partial charge in [-0.05, 0) is 31.6 Å². The fraction of sp³-hybridized carbons (Fsp3) is 1.00. The summed E-state index contributed by atoms with van der Waals surface area (Å²) in [6, 6.07) is 2.23. The van der Waals surface area contributed by atoms with Crippen LogP contribution in [0.3, 0.4) is 0 Å². The molecule has 0 aromatic carbocycles. The maximum Gasteiger partial charge on any atom is 0.283 e. The highest BCUT2D eigenvalue weighted by Crippen LogP contribution is 2.02. The van der Waals surface area contributed by atoms with Gasteiger partial charge < -0.3 is 19.7 Å². The minimum atomic E-state index is -1.02. The Balaban J connectivity index is 3.40. The second kappa shape index (κ2) is 9.58. The normalized spacial score (nSPS) is 14.5. The van der Waals surface area contributed by atoms with Crippen molar-refractivity contribution in [3.8, 4) is 0 Å².